The van der Waals surface area contributed by atoms with Gasteiger partial charge in [-0.05, 0) is 6.07 Å². The van der Waals surface area contributed by atoms with E-state index in [4.69, 9.17) is 5.73 Å². The lowest BCUT2D eigenvalue weighted by Crippen LogP contribution is -2.35. The van der Waals surface area contributed by atoms with Crippen LogP contribution in [0.15, 0.2) is 29.8 Å². The lowest BCUT2D eigenvalue weighted by molar-refractivity contribution is -0.116. The molecule has 21 heavy (non-hydrogen) atoms. The van der Waals surface area contributed by atoms with Crippen molar-refractivity contribution in [2.45, 2.75) is 12.5 Å². The number of aromatic nitrogens is 2. The van der Waals surface area contributed by atoms with Crippen LogP contribution >= 0.6 is 11.3 Å². The maximum atomic E-state index is 13.8. The smallest absolute Gasteiger partial charge is 0.312 e. The molecule has 0 aliphatic carbocycles. The summed E-state index contributed by atoms with van der Waals surface area (Å²) < 4.78 is 13.8. The first-order chi connectivity index (χ1) is 10.1. The predicted octanol–water partition coefficient (Wildman–Crippen LogP) is 1.42. The Kier molecular flexibility index (Phi) is 4.77. The molecule has 3 amide bonds. The number of carbonyl (C=O) groups excluding carboxylic acids is 2. The summed E-state index contributed by atoms with van der Waals surface area (Å²) in [4.78, 5) is 22.9. The maximum absolute atomic E-state index is 13.8. The third-order valence-corrected chi connectivity index (χ3v) is 3.20. The number of nitrogens with one attached hydrogen (secondary N) is 2. The topological polar surface area (TPSA) is 110 Å². The van der Waals surface area contributed by atoms with Crippen molar-refractivity contribution in [3.8, 4) is 0 Å². The second kappa shape index (κ2) is 6.75. The van der Waals surface area contributed by atoms with Crippen molar-refractivity contribution in [1.82, 2.24) is 15.5 Å². The number of carbonyl (C=O) groups is 2. The molecule has 1 unspecified atom stereocenters. The van der Waals surface area contributed by atoms with Crippen molar-refractivity contribution < 1.29 is 14.0 Å². The van der Waals surface area contributed by atoms with E-state index in [1.807, 2.05) is 0 Å². The van der Waals surface area contributed by atoms with Crippen LogP contribution in [0.5, 0.6) is 0 Å². The predicted molar refractivity (Wildman–Crippen MR) is 75.0 cm³/mol. The van der Waals surface area contributed by atoms with Gasteiger partial charge >= 0.3 is 6.03 Å². The number of rotatable bonds is 5. The number of hydrogen-bond donors (Lipinski definition) is 3. The minimum atomic E-state index is -0.864. The van der Waals surface area contributed by atoms with Crippen LogP contribution in [0.3, 0.4) is 0 Å². The number of amides is 3. The van der Waals surface area contributed by atoms with E-state index in [0.29, 0.717) is 5.13 Å². The van der Waals surface area contributed by atoms with E-state index in [2.05, 4.69) is 20.8 Å². The second-order valence-electron chi connectivity index (χ2n) is 4.08. The number of primary amides is 1. The average molecular weight is 309 g/mol. The molecule has 2 aromatic rings. The van der Waals surface area contributed by atoms with Crippen LogP contribution in [0.25, 0.3) is 0 Å². The zero-order chi connectivity index (χ0) is 15.2. The normalized spacial score (nSPS) is 11.7. The molecule has 0 aliphatic heterocycles. The number of halogens is 1. The molecule has 1 atom stereocenters. The monoisotopic (exact) mass is 309 g/mol. The van der Waals surface area contributed by atoms with Crippen LogP contribution in [0.4, 0.5) is 14.3 Å². The first-order valence-electron chi connectivity index (χ1n) is 5.92. The molecule has 0 saturated carbocycles. The highest BCUT2D eigenvalue weighted by atomic mass is 32.1. The van der Waals surface area contributed by atoms with Crippen molar-refractivity contribution in [3.05, 3.63) is 41.2 Å². The zero-order valence-corrected chi connectivity index (χ0v) is 11.6. The van der Waals surface area contributed by atoms with Gasteiger partial charge in [0, 0.05) is 5.56 Å². The number of nitrogens with two attached hydrogens (primary N) is 1. The van der Waals surface area contributed by atoms with Crippen LogP contribution in [0.1, 0.15) is 18.0 Å². The van der Waals surface area contributed by atoms with Crippen LogP contribution in [0.2, 0.25) is 0 Å². The van der Waals surface area contributed by atoms with Crippen molar-refractivity contribution in [2.75, 3.05) is 5.32 Å². The van der Waals surface area contributed by atoms with Crippen molar-refractivity contribution in [2.24, 2.45) is 5.73 Å². The number of anilines is 1. The minimum Gasteiger partial charge on any atom is -0.352 e. The Hall–Kier alpha value is -2.55. The minimum absolute atomic E-state index is 0.177. The van der Waals surface area contributed by atoms with E-state index in [9.17, 15) is 14.0 Å². The standard InChI is InChI=1S/C12H12FN5O2S/c13-8-4-2-1-3-7(8)9(16-11(14)20)5-10(19)17-12-18-15-6-21-12/h1-4,6,9H,5H2,(H3,14,16,20)(H,17,18,19). The molecule has 9 heteroatoms. The van der Waals surface area contributed by atoms with E-state index in [1.54, 1.807) is 6.07 Å². The number of hydrogen-bond acceptors (Lipinski definition) is 5. The summed E-state index contributed by atoms with van der Waals surface area (Å²) in [5.74, 6) is -0.964. The lowest BCUT2D eigenvalue weighted by Gasteiger charge is -2.17. The highest BCUT2D eigenvalue weighted by molar-refractivity contribution is 7.13. The van der Waals surface area contributed by atoms with E-state index < -0.39 is 23.8 Å². The molecule has 0 bridgehead atoms. The third-order valence-electron chi connectivity index (χ3n) is 2.59. The van der Waals surface area contributed by atoms with Gasteiger partial charge in [-0.25, -0.2) is 9.18 Å². The highest BCUT2D eigenvalue weighted by Crippen LogP contribution is 2.21. The number of benzene rings is 1. The van der Waals surface area contributed by atoms with Gasteiger partial charge < -0.3 is 16.4 Å². The van der Waals surface area contributed by atoms with Crippen LogP contribution in [0, 0.1) is 5.82 Å². The summed E-state index contributed by atoms with van der Waals surface area (Å²) in [5.41, 5.74) is 6.72. The van der Waals surface area contributed by atoms with E-state index >= 15 is 0 Å². The first kappa shape index (κ1) is 14.9. The van der Waals surface area contributed by atoms with Gasteiger partial charge in [0.1, 0.15) is 11.3 Å². The van der Waals surface area contributed by atoms with E-state index in [-0.39, 0.29) is 12.0 Å². The molecular formula is C12H12FN5O2S. The Labute approximate surface area is 123 Å². The molecule has 0 radical (unpaired) electrons. The molecular weight excluding hydrogens is 297 g/mol. The SMILES string of the molecule is NC(=O)NC(CC(=O)Nc1nncs1)c1ccccc1F. The molecule has 110 valence electrons. The van der Waals surface area contributed by atoms with Gasteiger partial charge in [0.2, 0.25) is 11.0 Å². The summed E-state index contributed by atoms with van der Waals surface area (Å²) >= 11 is 1.15. The van der Waals surface area contributed by atoms with Gasteiger partial charge in [0.15, 0.2) is 0 Å². The molecule has 7 nitrogen and oxygen atoms in total. The summed E-state index contributed by atoms with van der Waals surface area (Å²) in [5, 5.41) is 12.4. The Morgan fingerprint density at radius 1 is 1.38 bits per heavy atom. The van der Waals surface area contributed by atoms with Gasteiger partial charge in [-0.2, -0.15) is 0 Å². The molecule has 0 aliphatic rings. The fourth-order valence-electron chi connectivity index (χ4n) is 1.75. The van der Waals surface area contributed by atoms with Gasteiger partial charge in [0.05, 0.1) is 12.5 Å². The fraction of sp³-hybridized carbons (Fsp3) is 0.167. The van der Waals surface area contributed by atoms with Crippen LogP contribution < -0.4 is 16.4 Å². The quantitative estimate of drug-likeness (QED) is 0.775. The van der Waals surface area contributed by atoms with Gasteiger partial charge in [-0.15, -0.1) is 10.2 Å². The van der Waals surface area contributed by atoms with Crippen molar-refractivity contribution in [1.29, 1.82) is 0 Å². The Bertz CT molecular complexity index is 634. The van der Waals surface area contributed by atoms with Crippen LogP contribution in [-0.4, -0.2) is 22.1 Å². The number of nitrogens with zero attached hydrogens (tertiary/aromatic N) is 2. The molecule has 1 aromatic heterocycles. The van der Waals surface area contributed by atoms with Crippen molar-refractivity contribution >= 4 is 28.4 Å². The summed E-state index contributed by atoms with van der Waals surface area (Å²) in [7, 11) is 0. The summed E-state index contributed by atoms with van der Waals surface area (Å²) in [6, 6.07) is 4.14. The average Bonchev–Trinajstić information content (AvgIpc) is 2.90. The largest absolute Gasteiger partial charge is 0.352 e. The molecule has 4 N–H and O–H groups in total. The van der Waals surface area contributed by atoms with E-state index in [0.717, 1.165) is 11.3 Å². The first-order valence-corrected chi connectivity index (χ1v) is 6.80. The molecule has 0 spiro atoms. The zero-order valence-electron chi connectivity index (χ0n) is 10.7. The highest BCUT2D eigenvalue weighted by Gasteiger charge is 2.20. The lowest BCUT2D eigenvalue weighted by atomic mass is 10.0. The van der Waals surface area contributed by atoms with E-state index in [1.165, 1.54) is 23.7 Å². The van der Waals surface area contributed by atoms with Gasteiger partial charge in [-0.3, -0.25) is 4.79 Å². The molecule has 1 aromatic carbocycles. The third kappa shape index (κ3) is 4.21. The molecule has 1 heterocycles. The number of urea groups is 1. The molecule has 2 rings (SSSR count). The Morgan fingerprint density at radius 2 is 2.14 bits per heavy atom. The van der Waals surface area contributed by atoms with Gasteiger partial charge in [0.25, 0.3) is 0 Å². The van der Waals surface area contributed by atoms with Crippen LogP contribution in [-0.2, 0) is 4.79 Å². The fourth-order valence-corrected chi connectivity index (χ4v) is 2.21. The maximum Gasteiger partial charge on any atom is 0.312 e. The Morgan fingerprint density at radius 3 is 2.76 bits per heavy atom. The second-order valence-corrected chi connectivity index (χ2v) is 4.91. The Balaban J connectivity index is 2.11. The van der Waals surface area contributed by atoms with Crippen molar-refractivity contribution in [3.63, 3.8) is 0 Å². The van der Waals surface area contributed by atoms with Gasteiger partial charge in [-0.1, -0.05) is 29.5 Å². The molecule has 0 saturated heterocycles. The summed E-state index contributed by atoms with van der Waals surface area (Å²) in [6.07, 6.45) is -0.177. The summed E-state index contributed by atoms with van der Waals surface area (Å²) in [6.45, 7) is 0. The molecule has 0 fully saturated rings.